The predicted molar refractivity (Wildman–Crippen MR) is 97.4 cm³/mol. The van der Waals surface area contributed by atoms with Crippen molar-refractivity contribution in [1.29, 1.82) is 0 Å². The van der Waals surface area contributed by atoms with Gasteiger partial charge in [0.1, 0.15) is 16.2 Å². The van der Waals surface area contributed by atoms with Crippen LogP contribution < -0.4 is 0 Å². The summed E-state index contributed by atoms with van der Waals surface area (Å²) >= 11 is 3.28. The van der Waals surface area contributed by atoms with Gasteiger partial charge in [-0.05, 0) is 35.0 Å². The van der Waals surface area contributed by atoms with Crippen molar-refractivity contribution in [3.05, 3.63) is 76.2 Å². The van der Waals surface area contributed by atoms with Gasteiger partial charge in [-0.15, -0.1) is 5.10 Å². The number of fused-ring (bicyclic) bond motifs is 1. The van der Waals surface area contributed by atoms with E-state index in [4.69, 9.17) is 0 Å². The maximum absolute atomic E-state index is 9.42. The predicted octanol–water partition coefficient (Wildman–Crippen LogP) is 4.38. The summed E-state index contributed by atoms with van der Waals surface area (Å²) in [6, 6.07) is 17.2. The van der Waals surface area contributed by atoms with E-state index in [1.165, 1.54) is 0 Å². The lowest BCUT2D eigenvalue weighted by atomic mass is 10.2. The Hall–Kier alpha value is -2.18. The molecule has 114 valence electrons. The lowest BCUT2D eigenvalue weighted by Crippen LogP contribution is -2.12. The molecular formula is C17H13N3OS2. The molecular weight excluding hydrogens is 326 g/mol. The molecule has 4 nitrogen and oxygen atoms in total. The fraction of sp³-hybridized carbons (Fsp3) is 0.0588. The standard InChI is InChI=1S/C17H13N3OS2/c21-14-8-6-13(7-9-14)16-20-15(11-22-16)23-17(19-20)18-10-12-4-2-1-3-5-12/h1-11,16,21H/b18-10-. The summed E-state index contributed by atoms with van der Waals surface area (Å²) in [5, 5.41) is 20.1. The lowest BCUT2D eigenvalue weighted by molar-refractivity contribution is 0.386. The zero-order valence-corrected chi connectivity index (χ0v) is 13.7. The van der Waals surface area contributed by atoms with Crippen LogP contribution in [0.5, 0.6) is 5.75 Å². The van der Waals surface area contributed by atoms with Crippen LogP contribution in [0.1, 0.15) is 16.5 Å². The van der Waals surface area contributed by atoms with Crippen molar-refractivity contribution in [3.63, 3.8) is 0 Å². The van der Waals surface area contributed by atoms with Crippen LogP contribution in [0.15, 0.2) is 75.1 Å². The molecule has 0 radical (unpaired) electrons. The molecule has 0 aromatic heterocycles. The second-order valence-corrected chi connectivity index (χ2v) is 6.98. The monoisotopic (exact) mass is 339 g/mol. The molecule has 2 aliphatic rings. The minimum Gasteiger partial charge on any atom is -0.508 e. The van der Waals surface area contributed by atoms with Gasteiger partial charge in [0.15, 0.2) is 0 Å². The first-order chi connectivity index (χ1) is 11.3. The zero-order valence-electron chi connectivity index (χ0n) is 12.0. The summed E-state index contributed by atoms with van der Waals surface area (Å²) < 4.78 is 0. The summed E-state index contributed by atoms with van der Waals surface area (Å²) in [6.07, 6.45) is 1.83. The highest BCUT2D eigenvalue weighted by Gasteiger charge is 2.34. The van der Waals surface area contributed by atoms with Gasteiger partial charge in [-0.1, -0.05) is 54.2 Å². The molecule has 0 amide bonds. The van der Waals surface area contributed by atoms with Gasteiger partial charge in [-0.25, -0.2) is 10.0 Å². The number of benzene rings is 2. The molecule has 2 aromatic rings. The van der Waals surface area contributed by atoms with Gasteiger partial charge in [0.05, 0.1) is 0 Å². The van der Waals surface area contributed by atoms with Crippen LogP contribution in [-0.4, -0.2) is 21.5 Å². The number of phenols is 1. The molecule has 0 fully saturated rings. The molecule has 4 rings (SSSR count). The van der Waals surface area contributed by atoms with Crippen LogP contribution in [-0.2, 0) is 0 Å². The summed E-state index contributed by atoms with van der Waals surface area (Å²) in [6.45, 7) is 0. The minimum absolute atomic E-state index is 0.0996. The number of hydrogen-bond donors (Lipinski definition) is 1. The number of aromatic hydroxyl groups is 1. The molecule has 0 spiro atoms. The highest BCUT2D eigenvalue weighted by Crippen LogP contribution is 2.50. The molecule has 1 unspecified atom stereocenters. The Labute approximate surface area is 142 Å². The Kier molecular flexibility index (Phi) is 3.85. The Bertz CT molecular complexity index is 800. The van der Waals surface area contributed by atoms with E-state index in [2.05, 4.69) is 15.5 Å². The average Bonchev–Trinajstić information content (AvgIpc) is 3.15. The number of phenolic OH excluding ortho intramolecular Hbond substituents is 1. The van der Waals surface area contributed by atoms with E-state index >= 15 is 0 Å². The minimum atomic E-state index is 0.0996. The maximum atomic E-state index is 9.42. The molecule has 1 N–H and O–H groups in total. The Morgan fingerprint density at radius 1 is 1.09 bits per heavy atom. The smallest absolute Gasteiger partial charge is 0.213 e. The van der Waals surface area contributed by atoms with E-state index in [1.54, 1.807) is 35.7 Å². The fourth-order valence-electron chi connectivity index (χ4n) is 2.31. The van der Waals surface area contributed by atoms with Crippen molar-refractivity contribution in [2.45, 2.75) is 5.37 Å². The number of rotatable bonds is 2. The maximum Gasteiger partial charge on any atom is 0.213 e. The summed E-state index contributed by atoms with van der Waals surface area (Å²) in [7, 11) is 0. The highest BCUT2D eigenvalue weighted by atomic mass is 32.2. The second-order valence-electron chi connectivity index (χ2n) is 5.03. The van der Waals surface area contributed by atoms with Crippen molar-refractivity contribution < 1.29 is 5.11 Å². The summed E-state index contributed by atoms with van der Waals surface area (Å²) in [5.41, 5.74) is 2.16. The van der Waals surface area contributed by atoms with Crippen LogP contribution in [0, 0.1) is 0 Å². The molecule has 0 saturated heterocycles. The van der Waals surface area contributed by atoms with E-state index in [-0.39, 0.29) is 11.1 Å². The molecule has 23 heavy (non-hydrogen) atoms. The van der Waals surface area contributed by atoms with Crippen LogP contribution >= 0.6 is 23.5 Å². The van der Waals surface area contributed by atoms with E-state index in [0.29, 0.717) is 0 Å². The second kappa shape index (κ2) is 6.14. The van der Waals surface area contributed by atoms with Gasteiger partial charge >= 0.3 is 0 Å². The van der Waals surface area contributed by atoms with Crippen molar-refractivity contribution in [1.82, 2.24) is 5.01 Å². The Morgan fingerprint density at radius 3 is 2.65 bits per heavy atom. The Balaban J connectivity index is 1.53. The normalized spacial score (nSPS) is 19.8. The zero-order chi connectivity index (χ0) is 15.6. The topological polar surface area (TPSA) is 48.2 Å². The van der Waals surface area contributed by atoms with Crippen molar-refractivity contribution in [2.24, 2.45) is 10.1 Å². The number of thioether (sulfide) groups is 2. The number of hydrogen-bond acceptors (Lipinski definition) is 6. The molecule has 0 aliphatic carbocycles. The SMILES string of the molecule is Oc1ccc(C2SC=C3SC(/N=C\c4ccccc4)=NN32)cc1. The van der Waals surface area contributed by atoms with Crippen LogP contribution in [0.25, 0.3) is 0 Å². The number of nitrogens with zero attached hydrogens (tertiary/aromatic N) is 3. The lowest BCUT2D eigenvalue weighted by Gasteiger charge is -2.19. The van der Waals surface area contributed by atoms with Crippen molar-refractivity contribution >= 4 is 34.9 Å². The van der Waals surface area contributed by atoms with E-state index in [9.17, 15) is 5.11 Å². The van der Waals surface area contributed by atoms with Gasteiger partial charge in [0.2, 0.25) is 5.17 Å². The first kappa shape index (κ1) is 14.4. The third-order valence-electron chi connectivity index (χ3n) is 3.44. The third kappa shape index (κ3) is 3.00. The van der Waals surface area contributed by atoms with E-state index in [0.717, 1.165) is 21.3 Å². The van der Waals surface area contributed by atoms with Gasteiger partial charge in [-0.2, -0.15) is 0 Å². The largest absolute Gasteiger partial charge is 0.508 e. The van der Waals surface area contributed by atoms with E-state index in [1.807, 2.05) is 53.7 Å². The molecule has 2 heterocycles. The van der Waals surface area contributed by atoms with Crippen LogP contribution in [0.4, 0.5) is 0 Å². The first-order valence-electron chi connectivity index (χ1n) is 7.09. The third-order valence-corrected chi connectivity index (χ3v) is 5.56. The van der Waals surface area contributed by atoms with Crippen molar-refractivity contribution in [2.75, 3.05) is 0 Å². The molecule has 1 atom stereocenters. The van der Waals surface area contributed by atoms with Gasteiger partial charge < -0.3 is 5.11 Å². The van der Waals surface area contributed by atoms with Crippen LogP contribution in [0.3, 0.4) is 0 Å². The summed E-state index contributed by atoms with van der Waals surface area (Å²) in [4.78, 5) is 4.47. The highest BCUT2D eigenvalue weighted by molar-refractivity contribution is 8.18. The summed E-state index contributed by atoms with van der Waals surface area (Å²) in [5.74, 6) is 0.275. The quantitative estimate of drug-likeness (QED) is 0.825. The van der Waals surface area contributed by atoms with E-state index < -0.39 is 0 Å². The number of aliphatic imine (C=N–C) groups is 1. The van der Waals surface area contributed by atoms with Crippen LogP contribution in [0.2, 0.25) is 0 Å². The first-order valence-corrected chi connectivity index (χ1v) is 8.85. The van der Waals surface area contributed by atoms with Gasteiger partial charge in [0, 0.05) is 11.6 Å². The molecule has 2 aromatic carbocycles. The molecule has 2 aliphatic heterocycles. The fourth-order valence-corrected chi connectivity index (χ4v) is 4.34. The molecule has 0 bridgehead atoms. The van der Waals surface area contributed by atoms with Crippen molar-refractivity contribution in [3.8, 4) is 5.75 Å². The van der Waals surface area contributed by atoms with Gasteiger partial charge in [0.25, 0.3) is 0 Å². The van der Waals surface area contributed by atoms with Gasteiger partial charge in [-0.3, -0.25) is 0 Å². The Morgan fingerprint density at radius 2 is 1.87 bits per heavy atom. The number of amidine groups is 1. The molecule has 0 saturated carbocycles. The number of hydrazone groups is 1. The average molecular weight is 339 g/mol. The molecule has 6 heteroatoms.